The van der Waals surface area contributed by atoms with Crippen LogP contribution in [0.2, 0.25) is 0 Å². The number of nitrogens with zero attached hydrogens (tertiary/aromatic N) is 1. The second kappa shape index (κ2) is 8.92. The van der Waals surface area contributed by atoms with Crippen LogP contribution in [0.5, 0.6) is 0 Å². The summed E-state index contributed by atoms with van der Waals surface area (Å²) in [5.74, 6) is -0.193. The van der Waals surface area contributed by atoms with E-state index in [0.717, 1.165) is 11.1 Å². The number of thiocarbonyl (C=S) groups is 1. The van der Waals surface area contributed by atoms with Crippen LogP contribution in [0.25, 0.3) is 0 Å². The topological polar surface area (TPSA) is 32.3 Å². The molecule has 0 fully saturated rings. The molecule has 0 saturated carbocycles. The predicted molar refractivity (Wildman–Crippen MR) is 109 cm³/mol. The summed E-state index contributed by atoms with van der Waals surface area (Å²) >= 11 is 5.54. The average molecular weight is 360 g/mol. The van der Waals surface area contributed by atoms with Gasteiger partial charge in [0.05, 0.1) is 0 Å². The van der Waals surface area contributed by atoms with Crippen LogP contribution in [0.15, 0.2) is 91.0 Å². The molecule has 0 radical (unpaired) electrons. The standard InChI is InChI=1S/C22H20N2OS/c25-21(20-14-8-3-9-15-20)23-22(26)24(16-18-10-4-1-5-11-18)17-19-12-6-2-7-13-19/h1-15H,16-17H2,(H,23,25,26). The molecule has 3 nitrogen and oxygen atoms in total. The molecule has 0 saturated heterocycles. The minimum absolute atomic E-state index is 0.193. The second-order valence-corrected chi connectivity index (χ2v) is 6.34. The summed E-state index contributed by atoms with van der Waals surface area (Å²) in [6.07, 6.45) is 0. The van der Waals surface area contributed by atoms with Crippen molar-refractivity contribution in [1.82, 2.24) is 10.2 Å². The van der Waals surface area contributed by atoms with Crippen LogP contribution in [-0.4, -0.2) is 15.9 Å². The third-order valence-electron chi connectivity index (χ3n) is 3.98. The molecule has 0 aliphatic rings. The van der Waals surface area contributed by atoms with Crippen LogP contribution in [0.1, 0.15) is 21.5 Å². The number of hydrogen-bond acceptors (Lipinski definition) is 2. The molecule has 3 rings (SSSR count). The van der Waals surface area contributed by atoms with Crippen molar-refractivity contribution >= 4 is 23.2 Å². The van der Waals surface area contributed by atoms with Crippen molar-refractivity contribution in [3.05, 3.63) is 108 Å². The lowest BCUT2D eigenvalue weighted by Gasteiger charge is -2.25. The first kappa shape index (κ1) is 17.8. The zero-order chi connectivity index (χ0) is 18.2. The molecular weight excluding hydrogens is 340 g/mol. The lowest BCUT2D eigenvalue weighted by molar-refractivity contribution is 0.0972. The highest BCUT2D eigenvalue weighted by atomic mass is 32.1. The molecule has 1 amide bonds. The van der Waals surface area contributed by atoms with Gasteiger partial charge in [-0.1, -0.05) is 78.9 Å². The zero-order valence-electron chi connectivity index (χ0n) is 14.3. The van der Waals surface area contributed by atoms with E-state index in [1.54, 1.807) is 12.1 Å². The SMILES string of the molecule is O=C(NC(=S)N(Cc1ccccc1)Cc1ccccc1)c1ccccc1. The fraction of sp³-hybridized carbons (Fsp3) is 0.0909. The summed E-state index contributed by atoms with van der Waals surface area (Å²) in [5.41, 5.74) is 2.87. The molecule has 3 aromatic carbocycles. The van der Waals surface area contributed by atoms with Gasteiger partial charge in [0, 0.05) is 18.7 Å². The average Bonchev–Trinajstić information content (AvgIpc) is 2.69. The Kier molecular flexibility index (Phi) is 6.12. The van der Waals surface area contributed by atoms with E-state index >= 15 is 0 Å². The number of rotatable bonds is 5. The minimum Gasteiger partial charge on any atom is -0.340 e. The molecule has 1 N–H and O–H groups in total. The maximum atomic E-state index is 12.4. The van der Waals surface area contributed by atoms with Crippen molar-refractivity contribution in [3.63, 3.8) is 0 Å². The maximum absolute atomic E-state index is 12.4. The van der Waals surface area contributed by atoms with E-state index in [-0.39, 0.29) is 5.91 Å². The lowest BCUT2D eigenvalue weighted by Crippen LogP contribution is -2.41. The summed E-state index contributed by atoms with van der Waals surface area (Å²) in [6, 6.07) is 29.3. The van der Waals surface area contributed by atoms with Gasteiger partial charge in [0.1, 0.15) is 0 Å². The summed E-state index contributed by atoms with van der Waals surface area (Å²) in [4.78, 5) is 14.4. The van der Waals surface area contributed by atoms with Crippen LogP contribution in [0.4, 0.5) is 0 Å². The maximum Gasteiger partial charge on any atom is 0.257 e. The predicted octanol–water partition coefficient (Wildman–Crippen LogP) is 4.40. The van der Waals surface area contributed by atoms with Crippen molar-refractivity contribution < 1.29 is 4.79 Å². The molecule has 0 unspecified atom stereocenters. The van der Waals surface area contributed by atoms with E-state index in [2.05, 4.69) is 29.6 Å². The van der Waals surface area contributed by atoms with Gasteiger partial charge in [0.2, 0.25) is 0 Å². The van der Waals surface area contributed by atoms with E-state index in [4.69, 9.17) is 12.2 Å². The first-order valence-corrected chi connectivity index (χ1v) is 8.86. The third kappa shape index (κ3) is 5.01. The van der Waals surface area contributed by atoms with Gasteiger partial charge in [-0.3, -0.25) is 10.1 Å². The van der Waals surface area contributed by atoms with E-state index in [1.165, 1.54) is 0 Å². The highest BCUT2D eigenvalue weighted by Crippen LogP contribution is 2.11. The fourth-order valence-electron chi connectivity index (χ4n) is 2.64. The minimum atomic E-state index is -0.193. The van der Waals surface area contributed by atoms with Crippen molar-refractivity contribution in [1.29, 1.82) is 0 Å². The Morgan fingerprint density at radius 3 is 1.62 bits per heavy atom. The molecule has 26 heavy (non-hydrogen) atoms. The molecule has 0 atom stereocenters. The third-order valence-corrected chi connectivity index (χ3v) is 4.34. The Bertz CT molecular complexity index is 810. The van der Waals surface area contributed by atoms with Crippen LogP contribution in [-0.2, 0) is 13.1 Å². The van der Waals surface area contributed by atoms with Crippen molar-refractivity contribution in [2.24, 2.45) is 0 Å². The van der Waals surface area contributed by atoms with Gasteiger partial charge in [0.15, 0.2) is 5.11 Å². The number of nitrogens with one attached hydrogen (secondary N) is 1. The highest BCUT2D eigenvalue weighted by molar-refractivity contribution is 7.80. The molecule has 4 heteroatoms. The lowest BCUT2D eigenvalue weighted by atomic mass is 10.2. The Labute approximate surface area is 159 Å². The number of amides is 1. The number of hydrogen-bond donors (Lipinski definition) is 1. The van der Waals surface area contributed by atoms with Crippen LogP contribution in [0.3, 0.4) is 0 Å². The van der Waals surface area contributed by atoms with Gasteiger partial charge in [-0.15, -0.1) is 0 Å². The Balaban J connectivity index is 1.75. The van der Waals surface area contributed by atoms with E-state index in [1.807, 2.05) is 59.5 Å². The van der Waals surface area contributed by atoms with Gasteiger partial charge in [-0.2, -0.15) is 0 Å². The van der Waals surface area contributed by atoms with Gasteiger partial charge in [-0.25, -0.2) is 0 Å². The van der Waals surface area contributed by atoms with Crippen LogP contribution < -0.4 is 5.32 Å². The summed E-state index contributed by atoms with van der Waals surface area (Å²) < 4.78 is 0. The number of benzene rings is 3. The fourth-order valence-corrected chi connectivity index (χ4v) is 2.87. The smallest absolute Gasteiger partial charge is 0.257 e. The Morgan fingerprint density at radius 2 is 1.15 bits per heavy atom. The highest BCUT2D eigenvalue weighted by Gasteiger charge is 2.15. The number of carbonyl (C=O) groups excluding carboxylic acids is 1. The van der Waals surface area contributed by atoms with E-state index in [9.17, 15) is 4.79 Å². The second-order valence-electron chi connectivity index (χ2n) is 5.95. The molecule has 0 bridgehead atoms. The molecule has 130 valence electrons. The summed E-state index contributed by atoms with van der Waals surface area (Å²) in [5, 5.41) is 3.28. The molecule has 0 spiro atoms. The van der Waals surface area contributed by atoms with Gasteiger partial charge >= 0.3 is 0 Å². The molecule has 0 heterocycles. The normalized spacial score (nSPS) is 10.2. The Hall–Kier alpha value is -2.98. The van der Waals surface area contributed by atoms with Gasteiger partial charge in [0.25, 0.3) is 5.91 Å². The quantitative estimate of drug-likeness (QED) is 0.684. The van der Waals surface area contributed by atoms with E-state index in [0.29, 0.717) is 23.8 Å². The molecule has 0 aromatic heterocycles. The largest absolute Gasteiger partial charge is 0.340 e. The first-order chi connectivity index (χ1) is 12.7. The zero-order valence-corrected chi connectivity index (χ0v) is 15.2. The summed E-state index contributed by atoms with van der Waals surface area (Å²) in [6.45, 7) is 1.26. The Morgan fingerprint density at radius 1 is 0.731 bits per heavy atom. The van der Waals surface area contributed by atoms with Crippen molar-refractivity contribution in [2.75, 3.05) is 0 Å². The van der Waals surface area contributed by atoms with Crippen molar-refractivity contribution in [3.8, 4) is 0 Å². The number of carbonyl (C=O) groups is 1. The van der Waals surface area contributed by atoms with Crippen LogP contribution in [0, 0.1) is 0 Å². The molecule has 0 aliphatic carbocycles. The molecule has 0 aliphatic heterocycles. The molecule has 3 aromatic rings. The van der Waals surface area contributed by atoms with Gasteiger partial charge in [-0.05, 0) is 35.5 Å². The summed E-state index contributed by atoms with van der Waals surface area (Å²) in [7, 11) is 0. The molecular formula is C22H20N2OS. The first-order valence-electron chi connectivity index (χ1n) is 8.45. The van der Waals surface area contributed by atoms with Gasteiger partial charge < -0.3 is 4.90 Å². The monoisotopic (exact) mass is 360 g/mol. The van der Waals surface area contributed by atoms with Crippen molar-refractivity contribution in [2.45, 2.75) is 13.1 Å². The van der Waals surface area contributed by atoms with Crippen LogP contribution >= 0.6 is 12.2 Å². The van der Waals surface area contributed by atoms with E-state index < -0.39 is 0 Å².